The molecule has 2 aromatic carbocycles. The van der Waals surface area contributed by atoms with Crippen LogP contribution in [0.2, 0.25) is 0 Å². The SMILES string of the molecule is N#Cc1ccc(NC(=O)c2n[nH]c3ccc(-c4cncc(N)c4)cc23)cc1. The second-order valence-electron chi connectivity index (χ2n) is 5.98. The highest BCUT2D eigenvalue weighted by Crippen LogP contribution is 2.26. The normalized spacial score (nSPS) is 10.5. The van der Waals surface area contributed by atoms with Crippen molar-refractivity contribution in [1.29, 1.82) is 5.26 Å². The van der Waals surface area contributed by atoms with Gasteiger partial charge in [-0.1, -0.05) is 6.07 Å². The fraction of sp³-hybridized carbons (Fsp3) is 0. The fourth-order valence-electron chi connectivity index (χ4n) is 2.80. The minimum absolute atomic E-state index is 0.285. The first-order valence-electron chi connectivity index (χ1n) is 8.14. The van der Waals surface area contributed by atoms with Gasteiger partial charge >= 0.3 is 0 Å². The third-order valence-electron chi connectivity index (χ3n) is 4.14. The number of nitriles is 1. The van der Waals surface area contributed by atoms with Gasteiger partial charge in [-0.3, -0.25) is 14.9 Å². The molecule has 0 aliphatic carbocycles. The summed E-state index contributed by atoms with van der Waals surface area (Å²) in [5, 5.41) is 19.4. The maximum absolute atomic E-state index is 12.7. The van der Waals surface area contributed by atoms with Crippen molar-refractivity contribution in [3.63, 3.8) is 0 Å². The predicted molar refractivity (Wildman–Crippen MR) is 103 cm³/mol. The lowest BCUT2D eigenvalue weighted by atomic mass is 10.0. The van der Waals surface area contributed by atoms with Gasteiger partial charge in [-0.15, -0.1) is 0 Å². The Labute approximate surface area is 154 Å². The minimum atomic E-state index is -0.339. The Morgan fingerprint density at radius 2 is 1.89 bits per heavy atom. The number of hydrogen-bond donors (Lipinski definition) is 3. The number of nitrogens with zero attached hydrogens (tertiary/aromatic N) is 3. The van der Waals surface area contributed by atoms with E-state index < -0.39 is 0 Å². The van der Waals surface area contributed by atoms with E-state index in [4.69, 9.17) is 11.0 Å². The van der Waals surface area contributed by atoms with Gasteiger partial charge in [0.1, 0.15) is 0 Å². The van der Waals surface area contributed by atoms with Gasteiger partial charge in [-0.25, -0.2) is 0 Å². The van der Waals surface area contributed by atoms with Crippen LogP contribution in [0.15, 0.2) is 60.9 Å². The molecule has 7 heteroatoms. The number of carbonyl (C=O) groups excluding carboxylic acids is 1. The number of amides is 1. The van der Waals surface area contributed by atoms with Crippen LogP contribution < -0.4 is 11.1 Å². The number of pyridine rings is 1. The molecule has 0 radical (unpaired) electrons. The van der Waals surface area contributed by atoms with Gasteiger partial charge in [0.25, 0.3) is 5.91 Å². The smallest absolute Gasteiger partial charge is 0.276 e. The first-order valence-corrected chi connectivity index (χ1v) is 8.14. The Bertz CT molecular complexity index is 1190. The number of nitrogens with one attached hydrogen (secondary N) is 2. The lowest BCUT2D eigenvalue weighted by molar-refractivity contribution is 0.102. The van der Waals surface area contributed by atoms with Crippen LogP contribution in [0.25, 0.3) is 22.0 Å². The van der Waals surface area contributed by atoms with E-state index in [9.17, 15) is 4.79 Å². The number of carbonyl (C=O) groups is 1. The van der Waals surface area contributed by atoms with Gasteiger partial charge in [-0.05, 0) is 48.0 Å². The van der Waals surface area contributed by atoms with Crippen molar-refractivity contribution in [3.8, 4) is 17.2 Å². The quantitative estimate of drug-likeness (QED) is 0.521. The Hall–Kier alpha value is -4.18. The van der Waals surface area contributed by atoms with Crippen molar-refractivity contribution in [2.75, 3.05) is 11.1 Å². The van der Waals surface area contributed by atoms with E-state index in [0.29, 0.717) is 22.3 Å². The van der Waals surface area contributed by atoms with Crippen molar-refractivity contribution in [3.05, 3.63) is 72.2 Å². The van der Waals surface area contributed by atoms with E-state index in [-0.39, 0.29) is 11.6 Å². The Morgan fingerprint density at radius 3 is 2.63 bits per heavy atom. The zero-order chi connectivity index (χ0) is 18.8. The maximum atomic E-state index is 12.7. The van der Waals surface area contributed by atoms with E-state index in [2.05, 4.69) is 20.5 Å². The molecule has 0 saturated heterocycles. The predicted octanol–water partition coefficient (Wildman–Crippen LogP) is 3.33. The number of aromatic nitrogens is 3. The molecule has 4 aromatic rings. The molecule has 0 spiro atoms. The van der Waals surface area contributed by atoms with Crippen molar-refractivity contribution in [1.82, 2.24) is 15.2 Å². The number of nitrogen functional groups attached to an aromatic ring is 1. The highest BCUT2D eigenvalue weighted by atomic mass is 16.1. The van der Waals surface area contributed by atoms with Crippen molar-refractivity contribution >= 4 is 28.2 Å². The lowest BCUT2D eigenvalue weighted by Gasteiger charge is -2.05. The molecule has 7 nitrogen and oxygen atoms in total. The van der Waals surface area contributed by atoms with Crippen LogP contribution in [-0.4, -0.2) is 21.1 Å². The van der Waals surface area contributed by atoms with E-state index in [1.54, 1.807) is 36.7 Å². The number of nitrogens with two attached hydrogens (primary N) is 1. The van der Waals surface area contributed by atoms with Crippen LogP contribution in [0.1, 0.15) is 16.1 Å². The van der Waals surface area contributed by atoms with Crippen molar-refractivity contribution < 1.29 is 4.79 Å². The number of fused-ring (bicyclic) bond motifs is 1. The molecule has 2 heterocycles. The van der Waals surface area contributed by atoms with E-state index in [1.165, 1.54) is 0 Å². The van der Waals surface area contributed by atoms with Crippen LogP contribution in [0.3, 0.4) is 0 Å². The first kappa shape index (κ1) is 16.3. The molecule has 0 aliphatic rings. The average Bonchev–Trinajstić information content (AvgIpc) is 3.12. The summed E-state index contributed by atoms with van der Waals surface area (Å²) in [5.41, 5.74) is 10.3. The summed E-state index contributed by atoms with van der Waals surface area (Å²) in [6.45, 7) is 0. The summed E-state index contributed by atoms with van der Waals surface area (Å²) < 4.78 is 0. The Morgan fingerprint density at radius 1 is 1.07 bits per heavy atom. The van der Waals surface area contributed by atoms with E-state index in [0.717, 1.165) is 16.6 Å². The minimum Gasteiger partial charge on any atom is -0.397 e. The summed E-state index contributed by atoms with van der Waals surface area (Å²) in [7, 11) is 0. The molecule has 1 amide bonds. The number of benzene rings is 2. The molecule has 27 heavy (non-hydrogen) atoms. The Kier molecular flexibility index (Phi) is 3.99. The average molecular weight is 354 g/mol. The van der Waals surface area contributed by atoms with Gasteiger partial charge in [0, 0.05) is 29.0 Å². The lowest BCUT2D eigenvalue weighted by Crippen LogP contribution is -2.12. The highest BCUT2D eigenvalue weighted by molar-refractivity contribution is 6.11. The summed E-state index contributed by atoms with van der Waals surface area (Å²) in [5.74, 6) is -0.339. The van der Waals surface area contributed by atoms with Crippen LogP contribution in [0, 0.1) is 11.3 Å². The number of hydrogen-bond acceptors (Lipinski definition) is 5. The van der Waals surface area contributed by atoms with Crippen LogP contribution in [0.5, 0.6) is 0 Å². The molecular weight excluding hydrogens is 340 g/mol. The zero-order valence-electron chi connectivity index (χ0n) is 14.1. The Balaban J connectivity index is 1.68. The maximum Gasteiger partial charge on any atom is 0.276 e. The van der Waals surface area contributed by atoms with Crippen molar-refractivity contribution in [2.45, 2.75) is 0 Å². The molecular formula is C20H14N6O. The van der Waals surface area contributed by atoms with Crippen LogP contribution in [0.4, 0.5) is 11.4 Å². The monoisotopic (exact) mass is 354 g/mol. The molecule has 0 saturated carbocycles. The molecule has 2 aromatic heterocycles. The highest BCUT2D eigenvalue weighted by Gasteiger charge is 2.15. The molecule has 0 fully saturated rings. The number of aromatic amines is 1. The molecule has 4 rings (SSSR count). The molecule has 0 atom stereocenters. The van der Waals surface area contributed by atoms with Crippen LogP contribution in [-0.2, 0) is 0 Å². The summed E-state index contributed by atoms with van der Waals surface area (Å²) in [6, 6.07) is 16.2. The van der Waals surface area contributed by atoms with E-state index >= 15 is 0 Å². The van der Waals surface area contributed by atoms with Crippen LogP contribution >= 0.6 is 0 Å². The molecule has 0 aliphatic heterocycles. The second kappa shape index (κ2) is 6.61. The summed E-state index contributed by atoms with van der Waals surface area (Å²) in [6.07, 6.45) is 3.30. The molecule has 0 unspecified atom stereocenters. The summed E-state index contributed by atoms with van der Waals surface area (Å²) >= 11 is 0. The second-order valence-corrected chi connectivity index (χ2v) is 5.98. The third kappa shape index (κ3) is 3.19. The van der Waals surface area contributed by atoms with E-state index in [1.807, 2.05) is 30.3 Å². The molecule has 0 bridgehead atoms. The number of anilines is 2. The standard InChI is InChI=1S/C20H14N6O/c21-9-12-1-4-16(5-2-12)24-20(27)19-17-8-13(3-6-18(17)25-26-19)14-7-15(22)11-23-10-14/h1-8,10-11H,22H2,(H,24,27)(H,25,26). The van der Waals surface area contributed by atoms with Gasteiger partial charge in [0.05, 0.1) is 22.8 Å². The zero-order valence-corrected chi connectivity index (χ0v) is 14.1. The van der Waals surface area contributed by atoms with Gasteiger partial charge in [0.15, 0.2) is 5.69 Å². The van der Waals surface area contributed by atoms with Gasteiger partial charge in [0.2, 0.25) is 0 Å². The first-order chi connectivity index (χ1) is 13.1. The third-order valence-corrected chi connectivity index (χ3v) is 4.14. The number of H-pyrrole nitrogens is 1. The molecule has 130 valence electrons. The molecule has 4 N–H and O–H groups in total. The van der Waals surface area contributed by atoms with Crippen molar-refractivity contribution in [2.24, 2.45) is 0 Å². The van der Waals surface area contributed by atoms with Gasteiger partial charge < -0.3 is 11.1 Å². The largest absolute Gasteiger partial charge is 0.397 e. The topological polar surface area (TPSA) is 120 Å². The number of rotatable bonds is 3. The summed E-state index contributed by atoms with van der Waals surface area (Å²) in [4.78, 5) is 16.8. The van der Waals surface area contributed by atoms with Gasteiger partial charge in [-0.2, -0.15) is 10.4 Å². The fourth-order valence-corrected chi connectivity index (χ4v) is 2.80.